The zero-order valence-electron chi connectivity index (χ0n) is 14.6. The maximum Gasteiger partial charge on any atom is 0.357 e. The third kappa shape index (κ3) is 2.74. The minimum absolute atomic E-state index is 0.241. The molecule has 0 saturated heterocycles. The molecule has 0 atom stereocenters. The average molecular weight is 352 g/mol. The number of benzene rings is 1. The molecule has 26 heavy (non-hydrogen) atoms. The number of hydrogen-bond donors (Lipinski definition) is 0. The molecule has 0 N–H and O–H groups in total. The molecule has 0 saturated carbocycles. The van der Waals surface area contributed by atoms with Crippen LogP contribution in [0.3, 0.4) is 0 Å². The topological polar surface area (TPSA) is 79.0 Å². The van der Waals surface area contributed by atoms with Crippen LogP contribution < -0.4 is 11.2 Å². The van der Waals surface area contributed by atoms with Crippen molar-refractivity contribution in [3.63, 3.8) is 0 Å². The van der Waals surface area contributed by atoms with Gasteiger partial charge in [0.05, 0.1) is 18.0 Å². The van der Waals surface area contributed by atoms with Crippen LogP contribution in [0.15, 0.2) is 39.9 Å². The zero-order valence-corrected chi connectivity index (χ0v) is 14.6. The van der Waals surface area contributed by atoms with Crippen molar-refractivity contribution >= 4 is 0 Å². The minimum atomic E-state index is -0.586. The highest BCUT2D eigenvalue weighted by Gasteiger charge is 2.25. The van der Waals surface area contributed by atoms with E-state index in [1.54, 1.807) is 31.4 Å². The lowest BCUT2D eigenvalue weighted by molar-refractivity contribution is 0.186. The van der Waals surface area contributed by atoms with E-state index in [0.29, 0.717) is 24.7 Å². The second-order valence-corrected chi connectivity index (χ2v) is 6.40. The Morgan fingerprint density at radius 1 is 1.08 bits per heavy atom. The Kier molecular flexibility index (Phi) is 4.38. The van der Waals surface area contributed by atoms with Crippen molar-refractivity contribution in [2.24, 2.45) is 0 Å². The van der Waals surface area contributed by atoms with Crippen molar-refractivity contribution in [2.45, 2.75) is 32.2 Å². The monoisotopic (exact) mass is 352 g/mol. The predicted octanol–water partition coefficient (Wildman–Crippen LogP) is 1.42. The Hall–Kier alpha value is -2.80. The molecule has 1 aromatic rings. The van der Waals surface area contributed by atoms with Crippen molar-refractivity contribution in [3.05, 3.63) is 62.6 Å². The number of hydrogen-bond acceptors (Lipinski definition) is 5. The van der Waals surface area contributed by atoms with Gasteiger partial charge in [0.25, 0.3) is 5.56 Å². The molecule has 2 heterocycles. The largest absolute Gasteiger partial charge is 0.383 e. The molecule has 0 radical (unpaired) electrons. The van der Waals surface area contributed by atoms with E-state index in [0.717, 1.165) is 41.6 Å². The number of ether oxygens (including phenoxy) is 1. The predicted molar refractivity (Wildman–Crippen MR) is 97.0 cm³/mol. The number of para-hydroxylation sites is 1. The Bertz CT molecular complexity index is 1020. The lowest BCUT2D eigenvalue weighted by atomic mass is 9.99. The van der Waals surface area contributed by atoms with Crippen LogP contribution in [-0.2, 0) is 24.1 Å². The van der Waals surface area contributed by atoms with Gasteiger partial charge in [-0.3, -0.25) is 4.79 Å². The van der Waals surface area contributed by atoms with Crippen molar-refractivity contribution in [2.75, 3.05) is 13.7 Å². The summed E-state index contributed by atoms with van der Waals surface area (Å²) in [5.41, 5.74) is 1.72. The fraction of sp³-hybridized carbons (Fsp3) is 0.368. The first-order chi connectivity index (χ1) is 12.7. The molecule has 1 aliphatic carbocycles. The SMILES string of the molecule is COCCn1c2nc(=O)n(-c3ccccc3)c(=O)c-2nc2c1CCCC2. The smallest absolute Gasteiger partial charge is 0.357 e. The third-order valence-corrected chi connectivity index (χ3v) is 4.78. The molecule has 0 bridgehead atoms. The van der Waals surface area contributed by atoms with Gasteiger partial charge in [-0.25, -0.2) is 14.3 Å². The standard InChI is InChI=1S/C19H20N4O3/c1-26-12-11-22-15-10-6-5-9-14(15)20-16-17(22)21-19(25)23(18(16)24)13-7-3-2-4-8-13/h2-4,7-8H,5-6,9-12H2,1H3. The van der Waals surface area contributed by atoms with Gasteiger partial charge in [-0.15, -0.1) is 0 Å². The summed E-state index contributed by atoms with van der Waals surface area (Å²) in [6.45, 7) is 1.02. The van der Waals surface area contributed by atoms with Crippen LogP contribution in [0.25, 0.3) is 17.2 Å². The Balaban J connectivity index is 2.02. The molecule has 1 aromatic carbocycles. The van der Waals surface area contributed by atoms with Crippen LogP contribution in [0.5, 0.6) is 0 Å². The van der Waals surface area contributed by atoms with E-state index in [1.807, 2.05) is 10.6 Å². The van der Waals surface area contributed by atoms with Crippen LogP contribution in [0, 0.1) is 0 Å². The van der Waals surface area contributed by atoms with Gasteiger partial charge in [-0.05, 0) is 37.8 Å². The van der Waals surface area contributed by atoms with Crippen molar-refractivity contribution < 1.29 is 4.74 Å². The molecule has 0 aromatic heterocycles. The molecular formula is C19H20N4O3. The Labute approximate surface area is 150 Å². The maximum atomic E-state index is 13.1. The van der Waals surface area contributed by atoms with Gasteiger partial charge in [-0.1, -0.05) is 18.2 Å². The number of methoxy groups -OCH3 is 1. The van der Waals surface area contributed by atoms with E-state index in [4.69, 9.17) is 4.74 Å². The quantitative estimate of drug-likeness (QED) is 0.709. The van der Waals surface area contributed by atoms with Crippen LogP contribution in [0.1, 0.15) is 24.2 Å². The zero-order chi connectivity index (χ0) is 18.1. The average Bonchev–Trinajstić information content (AvgIpc) is 2.67. The molecule has 0 unspecified atom stereocenters. The molecule has 0 fully saturated rings. The van der Waals surface area contributed by atoms with Crippen molar-refractivity contribution in [1.82, 2.24) is 19.1 Å². The first-order valence-corrected chi connectivity index (χ1v) is 8.80. The number of fused-ring (bicyclic) bond motifs is 2. The lowest BCUT2D eigenvalue weighted by Gasteiger charge is -2.24. The summed E-state index contributed by atoms with van der Waals surface area (Å²) >= 11 is 0. The van der Waals surface area contributed by atoms with Gasteiger partial charge >= 0.3 is 5.69 Å². The van der Waals surface area contributed by atoms with E-state index in [2.05, 4.69) is 9.97 Å². The molecular weight excluding hydrogens is 332 g/mol. The summed E-state index contributed by atoms with van der Waals surface area (Å²) in [6, 6.07) is 8.83. The van der Waals surface area contributed by atoms with E-state index in [-0.39, 0.29) is 5.69 Å². The Morgan fingerprint density at radius 2 is 1.85 bits per heavy atom. The first kappa shape index (κ1) is 16.7. The van der Waals surface area contributed by atoms with Crippen LogP contribution in [0.2, 0.25) is 0 Å². The highest BCUT2D eigenvalue weighted by molar-refractivity contribution is 5.52. The molecule has 0 amide bonds. The summed E-state index contributed by atoms with van der Waals surface area (Å²) in [4.78, 5) is 34.5. The van der Waals surface area contributed by atoms with E-state index < -0.39 is 11.2 Å². The van der Waals surface area contributed by atoms with Gasteiger partial charge in [0.1, 0.15) is 0 Å². The van der Waals surface area contributed by atoms with Gasteiger partial charge in [0.15, 0.2) is 11.5 Å². The summed E-state index contributed by atoms with van der Waals surface area (Å²) in [5, 5.41) is 0. The van der Waals surface area contributed by atoms with Crippen molar-refractivity contribution in [3.8, 4) is 17.2 Å². The minimum Gasteiger partial charge on any atom is -0.383 e. The van der Waals surface area contributed by atoms with Crippen LogP contribution in [-0.4, -0.2) is 32.8 Å². The summed E-state index contributed by atoms with van der Waals surface area (Å²) in [7, 11) is 1.63. The summed E-state index contributed by atoms with van der Waals surface area (Å²) in [6.07, 6.45) is 3.83. The van der Waals surface area contributed by atoms with Gasteiger partial charge < -0.3 is 9.30 Å². The first-order valence-electron chi connectivity index (χ1n) is 8.80. The van der Waals surface area contributed by atoms with Gasteiger partial charge in [0, 0.05) is 19.3 Å². The van der Waals surface area contributed by atoms with E-state index in [1.165, 1.54) is 0 Å². The van der Waals surface area contributed by atoms with Gasteiger partial charge in [0.2, 0.25) is 0 Å². The molecule has 3 aliphatic rings. The molecule has 2 aliphatic heterocycles. The summed E-state index contributed by atoms with van der Waals surface area (Å²) in [5.74, 6) is 0.352. The molecule has 0 spiro atoms. The normalized spacial score (nSPS) is 13.7. The molecule has 4 rings (SSSR count). The number of aryl methyl sites for hydroxylation is 1. The molecule has 7 nitrogen and oxygen atoms in total. The van der Waals surface area contributed by atoms with Crippen LogP contribution in [0.4, 0.5) is 0 Å². The lowest BCUT2D eigenvalue weighted by Crippen LogP contribution is -2.38. The summed E-state index contributed by atoms with van der Waals surface area (Å²) < 4.78 is 8.24. The maximum absolute atomic E-state index is 13.1. The van der Waals surface area contributed by atoms with Crippen LogP contribution >= 0.6 is 0 Å². The fourth-order valence-corrected chi connectivity index (χ4v) is 3.54. The third-order valence-electron chi connectivity index (χ3n) is 4.78. The van der Waals surface area contributed by atoms with E-state index >= 15 is 0 Å². The Morgan fingerprint density at radius 3 is 2.62 bits per heavy atom. The number of rotatable bonds is 4. The van der Waals surface area contributed by atoms with Gasteiger partial charge in [-0.2, -0.15) is 4.98 Å². The molecule has 7 heteroatoms. The second-order valence-electron chi connectivity index (χ2n) is 6.40. The fourth-order valence-electron chi connectivity index (χ4n) is 3.54. The number of aromatic nitrogens is 4. The van der Waals surface area contributed by atoms with E-state index in [9.17, 15) is 9.59 Å². The van der Waals surface area contributed by atoms with Crippen molar-refractivity contribution in [1.29, 1.82) is 0 Å². The highest BCUT2D eigenvalue weighted by atomic mass is 16.5. The molecule has 134 valence electrons. The number of nitrogens with zero attached hydrogens (tertiary/aromatic N) is 4. The highest BCUT2D eigenvalue weighted by Crippen LogP contribution is 2.25. The second kappa shape index (κ2) is 6.84.